The highest BCUT2D eigenvalue weighted by molar-refractivity contribution is 7.09. The molecule has 0 saturated heterocycles. The van der Waals surface area contributed by atoms with Gasteiger partial charge in [0.25, 0.3) is 0 Å². The zero-order chi connectivity index (χ0) is 15.1. The average Bonchev–Trinajstić information content (AvgIpc) is 2.93. The average molecular weight is 304 g/mol. The third-order valence-electron chi connectivity index (χ3n) is 3.42. The Kier molecular flexibility index (Phi) is 6.21. The zero-order valence-electron chi connectivity index (χ0n) is 13.1. The van der Waals surface area contributed by atoms with Gasteiger partial charge < -0.3 is 10.1 Å². The highest BCUT2D eigenvalue weighted by atomic mass is 32.1. The molecule has 4 heteroatoms. The summed E-state index contributed by atoms with van der Waals surface area (Å²) in [6, 6.07) is 8.69. The third-order valence-corrected chi connectivity index (χ3v) is 4.37. The van der Waals surface area contributed by atoms with E-state index in [2.05, 4.69) is 48.6 Å². The van der Waals surface area contributed by atoms with Crippen molar-refractivity contribution in [2.45, 2.75) is 46.2 Å². The van der Waals surface area contributed by atoms with E-state index in [0.717, 1.165) is 35.8 Å². The van der Waals surface area contributed by atoms with E-state index in [-0.39, 0.29) is 0 Å². The van der Waals surface area contributed by atoms with E-state index in [1.165, 1.54) is 5.56 Å². The Morgan fingerprint density at radius 1 is 1.38 bits per heavy atom. The minimum Gasteiger partial charge on any atom is -0.493 e. The smallest absolute Gasteiger partial charge is 0.119 e. The molecule has 2 aromatic rings. The third kappa shape index (κ3) is 5.48. The summed E-state index contributed by atoms with van der Waals surface area (Å²) >= 11 is 1.72. The predicted molar refractivity (Wildman–Crippen MR) is 89.1 cm³/mol. The van der Waals surface area contributed by atoms with E-state index in [9.17, 15) is 0 Å². The van der Waals surface area contributed by atoms with Crippen LogP contribution in [0.5, 0.6) is 5.75 Å². The van der Waals surface area contributed by atoms with Gasteiger partial charge in [0.05, 0.1) is 17.3 Å². The van der Waals surface area contributed by atoms with Gasteiger partial charge in [0.2, 0.25) is 0 Å². The maximum absolute atomic E-state index is 5.77. The van der Waals surface area contributed by atoms with Gasteiger partial charge in [0.1, 0.15) is 5.75 Å². The number of nitrogens with zero attached hydrogens (tertiary/aromatic N) is 1. The Bertz CT molecular complexity index is 553. The van der Waals surface area contributed by atoms with Gasteiger partial charge in [0.15, 0.2) is 0 Å². The monoisotopic (exact) mass is 304 g/mol. The molecule has 0 spiro atoms. The molecule has 114 valence electrons. The maximum atomic E-state index is 5.77. The Balaban J connectivity index is 1.75. The molecule has 1 aromatic heterocycles. The van der Waals surface area contributed by atoms with Crippen LogP contribution < -0.4 is 10.1 Å². The van der Waals surface area contributed by atoms with Crippen LogP contribution in [0, 0.1) is 6.92 Å². The minimum atomic E-state index is 0.541. The van der Waals surface area contributed by atoms with Gasteiger partial charge in [0, 0.05) is 24.4 Å². The second kappa shape index (κ2) is 8.15. The molecule has 0 aliphatic heterocycles. The molecule has 2 rings (SSSR count). The molecular formula is C17H24N2OS. The van der Waals surface area contributed by atoms with Crippen molar-refractivity contribution in [1.29, 1.82) is 0 Å². The molecule has 0 fully saturated rings. The lowest BCUT2D eigenvalue weighted by atomic mass is 10.2. The SMILES string of the molecule is CCC(C)NCc1csc(CCOc2cccc(C)c2)n1. The molecule has 1 aromatic carbocycles. The molecule has 1 unspecified atom stereocenters. The number of hydrogen-bond acceptors (Lipinski definition) is 4. The van der Waals surface area contributed by atoms with Crippen molar-refractivity contribution in [3.05, 3.63) is 45.9 Å². The van der Waals surface area contributed by atoms with Gasteiger partial charge in [-0.3, -0.25) is 0 Å². The molecule has 3 nitrogen and oxygen atoms in total. The topological polar surface area (TPSA) is 34.1 Å². The van der Waals surface area contributed by atoms with Crippen LogP contribution in [0.2, 0.25) is 0 Å². The Labute approximate surface area is 131 Å². The zero-order valence-corrected chi connectivity index (χ0v) is 13.9. The molecule has 1 heterocycles. The molecule has 1 atom stereocenters. The Morgan fingerprint density at radius 2 is 2.24 bits per heavy atom. The van der Waals surface area contributed by atoms with E-state index < -0.39 is 0 Å². The number of nitrogens with one attached hydrogen (secondary N) is 1. The van der Waals surface area contributed by atoms with Crippen molar-refractivity contribution in [2.75, 3.05) is 6.61 Å². The van der Waals surface area contributed by atoms with Crippen molar-refractivity contribution >= 4 is 11.3 Å². The lowest BCUT2D eigenvalue weighted by Crippen LogP contribution is -2.24. The van der Waals surface area contributed by atoms with Crippen LogP contribution in [0.1, 0.15) is 36.5 Å². The first kappa shape index (κ1) is 16.0. The molecule has 0 aliphatic carbocycles. The fourth-order valence-electron chi connectivity index (χ4n) is 1.93. The lowest BCUT2D eigenvalue weighted by Gasteiger charge is -2.09. The van der Waals surface area contributed by atoms with E-state index in [1.807, 2.05) is 12.1 Å². The Morgan fingerprint density at radius 3 is 3.00 bits per heavy atom. The van der Waals surface area contributed by atoms with E-state index >= 15 is 0 Å². The highest BCUT2D eigenvalue weighted by Crippen LogP contribution is 2.14. The normalized spacial score (nSPS) is 12.3. The summed E-state index contributed by atoms with van der Waals surface area (Å²) in [5.41, 5.74) is 2.35. The molecule has 0 bridgehead atoms. The van der Waals surface area contributed by atoms with Crippen LogP contribution in [0.3, 0.4) is 0 Å². The lowest BCUT2D eigenvalue weighted by molar-refractivity contribution is 0.321. The van der Waals surface area contributed by atoms with Crippen molar-refractivity contribution in [2.24, 2.45) is 0 Å². The second-order valence-electron chi connectivity index (χ2n) is 5.34. The molecule has 21 heavy (non-hydrogen) atoms. The second-order valence-corrected chi connectivity index (χ2v) is 6.28. The predicted octanol–water partition coefficient (Wildman–Crippen LogP) is 3.96. The first-order chi connectivity index (χ1) is 10.2. The summed E-state index contributed by atoms with van der Waals surface area (Å²) < 4.78 is 5.77. The minimum absolute atomic E-state index is 0.541. The maximum Gasteiger partial charge on any atom is 0.119 e. The van der Waals surface area contributed by atoms with E-state index in [4.69, 9.17) is 4.74 Å². The number of ether oxygens (including phenoxy) is 1. The summed E-state index contributed by atoms with van der Waals surface area (Å²) in [7, 11) is 0. The molecular weight excluding hydrogens is 280 g/mol. The fraction of sp³-hybridized carbons (Fsp3) is 0.471. The molecule has 0 saturated carbocycles. The van der Waals surface area contributed by atoms with Gasteiger partial charge in [-0.1, -0.05) is 19.1 Å². The summed E-state index contributed by atoms with van der Waals surface area (Å²) in [4.78, 5) is 4.64. The van der Waals surface area contributed by atoms with Crippen LogP contribution in [-0.2, 0) is 13.0 Å². The number of thiazole rings is 1. The fourth-order valence-corrected chi connectivity index (χ4v) is 2.71. The summed E-state index contributed by atoms with van der Waals surface area (Å²) in [5, 5.41) is 6.74. The van der Waals surface area contributed by atoms with Gasteiger partial charge in [-0.15, -0.1) is 11.3 Å². The number of aryl methyl sites for hydroxylation is 1. The summed E-state index contributed by atoms with van der Waals surface area (Å²) in [5.74, 6) is 0.935. The number of hydrogen-bond donors (Lipinski definition) is 1. The van der Waals surface area contributed by atoms with Gasteiger partial charge in [-0.25, -0.2) is 4.98 Å². The van der Waals surface area contributed by atoms with Crippen LogP contribution in [0.25, 0.3) is 0 Å². The summed E-state index contributed by atoms with van der Waals surface area (Å²) in [6.07, 6.45) is 2.00. The van der Waals surface area contributed by atoms with Crippen LogP contribution in [0.15, 0.2) is 29.6 Å². The highest BCUT2D eigenvalue weighted by Gasteiger charge is 2.04. The molecule has 0 amide bonds. The Hall–Kier alpha value is -1.39. The van der Waals surface area contributed by atoms with Gasteiger partial charge >= 0.3 is 0 Å². The van der Waals surface area contributed by atoms with Crippen LogP contribution in [0.4, 0.5) is 0 Å². The van der Waals surface area contributed by atoms with Crippen molar-refractivity contribution in [1.82, 2.24) is 10.3 Å². The van der Waals surface area contributed by atoms with Crippen molar-refractivity contribution in [3.8, 4) is 5.75 Å². The molecule has 1 N–H and O–H groups in total. The van der Waals surface area contributed by atoms with E-state index in [1.54, 1.807) is 11.3 Å². The standard InChI is InChI=1S/C17H24N2OS/c1-4-14(3)18-11-15-12-21-17(19-15)8-9-20-16-7-5-6-13(2)10-16/h5-7,10,12,14,18H,4,8-9,11H2,1-3H3. The van der Waals surface area contributed by atoms with Crippen molar-refractivity contribution in [3.63, 3.8) is 0 Å². The quantitative estimate of drug-likeness (QED) is 0.801. The molecule has 0 radical (unpaired) electrons. The largest absolute Gasteiger partial charge is 0.493 e. The molecule has 0 aliphatic rings. The number of rotatable bonds is 8. The van der Waals surface area contributed by atoms with Crippen molar-refractivity contribution < 1.29 is 4.74 Å². The van der Waals surface area contributed by atoms with Crippen LogP contribution >= 0.6 is 11.3 Å². The van der Waals surface area contributed by atoms with Crippen LogP contribution in [-0.4, -0.2) is 17.6 Å². The van der Waals surface area contributed by atoms with E-state index in [0.29, 0.717) is 12.6 Å². The number of benzene rings is 1. The first-order valence-electron chi connectivity index (χ1n) is 7.53. The summed E-state index contributed by atoms with van der Waals surface area (Å²) in [6.45, 7) is 7.99. The van der Waals surface area contributed by atoms with Gasteiger partial charge in [-0.2, -0.15) is 0 Å². The number of aromatic nitrogens is 1. The van der Waals surface area contributed by atoms with Gasteiger partial charge in [-0.05, 0) is 38.0 Å². The first-order valence-corrected chi connectivity index (χ1v) is 8.41.